The average Bonchev–Trinajstić information content (AvgIpc) is 3.06. The summed E-state index contributed by atoms with van der Waals surface area (Å²) in [6.07, 6.45) is 2.66. The van der Waals surface area contributed by atoms with Gasteiger partial charge >= 0.3 is 5.97 Å². The number of rotatable bonds is 4. The second kappa shape index (κ2) is 6.49. The van der Waals surface area contributed by atoms with Crippen LogP contribution < -0.4 is 5.32 Å². The lowest BCUT2D eigenvalue weighted by molar-refractivity contribution is -0.112. The Morgan fingerprint density at radius 2 is 2.12 bits per heavy atom. The summed E-state index contributed by atoms with van der Waals surface area (Å²) < 4.78 is 0. The first-order chi connectivity index (χ1) is 12.4. The number of fused-ring (bicyclic) bond motifs is 1. The molecule has 26 heavy (non-hydrogen) atoms. The number of nitrogens with zero attached hydrogens (tertiary/aromatic N) is 3. The molecular weight excluding hydrogens is 334 g/mol. The van der Waals surface area contributed by atoms with E-state index in [1.807, 2.05) is 6.07 Å². The van der Waals surface area contributed by atoms with Crippen LogP contribution in [0.1, 0.15) is 22.8 Å². The zero-order valence-corrected chi connectivity index (χ0v) is 13.7. The maximum atomic E-state index is 11.9. The molecule has 2 aromatic heterocycles. The number of aromatic amines is 1. The second-order valence-corrected chi connectivity index (χ2v) is 5.56. The Hall–Kier alpha value is -3.99. The molecule has 0 atom stereocenters. The normalized spacial score (nSPS) is 10.3. The predicted molar refractivity (Wildman–Crippen MR) is 94.4 cm³/mol. The Morgan fingerprint density at radius 1 is 1.35 bits per heavy atom. The lowest BCUT2D eigenvalue weighted by atomic mass is 10.0. The first kappa shape index (κ1) is 16.9. The molecule has 0 fully saturated rings. The molecule has 0 bridgehead atoms. The number of nitriles is 1. The molecular formula is C18H13N5O3. The molecule has 0 aliphatic carbocycles. The molecule has 0 aliphatic heterocycles. The van der Waals surface area contributed by atoms with Gasteiger partial charge in [-0.1, -0.05) is 12.6 Å². The summed E-state index contributed by atoms with van der Waals surface area (Å²) in [5, 5.41) is 21.6. The Balaban J connectivity index is 2.19. The Labute approximate surface area is 147 Å². The summed E-state index contributed by atoms with van der Waals surface area (Å²) in [6.45, 7) is 5.12. The molecule has 0 saturated heterocycles. The number of hydrogen-bond donors (Lipinski definition) is 3. The van der Waals surface area contributed by atoms with Crippen molar-refractivity contribution in [3.8, 4) is 17.3 Å². The monoisotopic (exact) mass is 347 g/mol. The van der Waals surface area contributed by atoms with Crippen LogP contribution in [0.5, 0.6) is 0 Å². The van der Waals surface area contributed by atoms with Crippen LogP contribution in [0.15, 0.2) is 42.9 Å². The SMILES string of the molecule is C=C(C)C(=O)Nc1cc(-c2ncnc3[nH]cc(C(=O)O)c23)ccc1C#N. The van der Waals surface area contributed by atoms with Gasteiger partial charge in [0, 0.05) is 17.3 Å². The van der Waals surface area contributed by atoms with Gasteiger partial charge in [-0.3, -0.25) is 4.79 Å². The van der Waals surface area contributed by atoms with E-state index >= 15 is 0 Å². The van der Waals surface area contributed by atoms with Crippen LogP contribution in [0.2, 0.25) is 0 Å². The maximum Gasteiger partial charge on any atom is 0.338 e. The van der Waals surface area contributed by atoms with Gasteiger partial charge in [0.15, 0.2) is 0 Å². The summed E-state index contributed by atoms with van der Waals surface area (Å²) in [4.78, 5) is 34.4. The molecule has 3 rings (SSSR count). The number of carboxylic acid groups (broad SMARTS) is 1. The number of amides is 1. The van der Waals surface area contributed by atoms with Crippen molar-refractivity contribution in [2.75, 3.05) is 5.32 Å². The largest absolute Gasteiger partial charge is 0.478 e. The topological polar surface area (TPSA) is 132 Å². The maximum absolute atomic E-state index is 11.9. The van der Waals surface area contributed by atoms with Gasteiger partial charge < -0.3 is 15.4 Å². The zero-order chi connectivity index (χ0) is 18.8. The summed E-state index contributed by atoms with van der Waals surface area (Å²) in [7, 11) is 0. The van der Waals surface area contributed by atoms with E-state index in [0.29, 0.717) is 27.9 Å². The first-order valence-corrected chi connectivity index (χ1v) is 7.49. The highest BCUT2D eigenvalue weighted by Gasteiger charge is 2.18. The van der Waals surface area contributed by atoms with Crippen molar-refractivity contribution < 1.29 is 14.7 Å². The van der Waals surface area contributed by atoms with Gasteiger partial charge in [0.2, 0.25) is 0 Å². The molecule has 128 valence electrons. The number of H-pyrrole nitrogens is 1. The third-order valence-electron chi connectivity index (χ3n) is 3.75. The molecule has 3 N–H and O–H groups in total. The van der Waals surface area contributed by atoms with E-state index in [1.165, 1.54) is 18.6 Å². The molecule has 2 heterocycles. The van der Waals surface area contributed by atoms with Crippen molar-refractivity contribution in [2.45, 2.75) is 6.92 Å². The van der Waals surface area contributed by atoms with Crippen molar-refractivity contribution >= 4 is 28.6 Å². The van der Waals surface area contributed by atoms with E-state index in [-0.39, 0.29) is 16.8 Å². The van der Waals surface area contributed by atoms with Crippen molar-refractivity contribution in [1.82, 2.24) is 15.0 Å². The number of benzene rings is 1. The number of aromatic nitrogens is 3. The minimum atomic E-state index is -1.11. The Morgan fingerprint density at radius 3 is 2.77 bits per heavy atom. The third kappa shape index (κ3) is 2.89. The number of carbonyl (C=O) groups is 2. The predicted octanol–water partition coefficient (Wildman–Crippen LogP) is 2.71. The minimum Gasteiger partial charge on any atom is -0.478 e. The number of anilines is 1. The second-order valence-electron chi connectivity index (χ2n) is 5.56. The molecule has 1 amide bonds. The summed E-state index contributed by atoms with van der Waals surface area (Å²) in [6, 6.07) is 6.74. The fraction of sp³-hybridized carbons (Fsp3) is 0.0556. The molecule has 8 nitrogen and oxygen atoms in total. The van der Waals surface area contributed by atoms with Gasteiger partial charge in [-0.25, -0.2) is 14.8 Å². The fourth-order valence-electron chi connectivity index (χ4n) is 2.47. The van der Waals surface area contributed by atoms with Crippen LogP contribution in [0.3, 0.4) is 0 Å². The number of carbonyl (C=O) groups excluding carboxylic acids is 1. The van der Waals surface area contributed by atoms with Crippen molar-refractivity contribution in [3.63, 3.8) is 0 Å². The van der Waals surface area contributed by atoms with E-state index in [1.54, 1.807) is 19.1 Å². The van der Waals surface area contributed by atoms with Crippen LogP contribution in [0.4, 0.5) is 5.69 Å². The van der Waals surface area contributed by atoms with Crippen LogP contribution in [0.25, 0.3) is 22.3 Å². The van der Waals surface area contributed by atoms with Gasteiger partial charge in [0.25, 0.3) is 5.91 Å². The molecule has 0 saturated carbocycles. The fourth-order valence-corrected chi connectivity index (χ4v) is 2.47. The smallest absolute Gasteiger partial charge is 0.338 e. The molecule has 3 aromatic rings. The molecule has 0 radical (unpaired) electrons. The van der Waals surface area contributed by atoms with Gasteiger partial charge in [-0.05, 0) is 19.1 Å². The standard InChI is InChI=1S/C18H13N5O3/c1-9(2)17(24)23-13-5-10(3-4-11(13)6-19)15-14-12(18(25)26)7-20-16(14)22-8-21-15/h3-5,7-8H,1H2,2H3,(H,23,24)(H,25,26)(H,20,21,22). The number of hydrogen-bond acceptors (Lipinski definition) is 5. The van der Waals surface area contributed by atoms with Gasteiger partial charge in [-0.2, -0.15) is 5.26 Å². The van der Waals surface area contributed by atoms with E-state index in [9.17, 15) is 20.0 Å². The zero-order valence-electron chi connectivity index (χ0n) is 13.7. The van der Waals surface area contributed by atoms with Crippen LogP contribution >= 0.6 is 0 Å². The minimum absolute atomic E-state index is 0.0347. The summed E-state index contributed by atoms with van der Waals surface area (Å²) in [5.74, 6) is -1.53. The average molecular weight is 347 g/mol. The summed E-state index contributed by atoms with van der Waals surface area (Å²) >= 11 is 0. The molecule has 0 unspecified atom stereocenters. The molecule has 0 aliphatic rings. The number of aromatic carboxylic acids is 1. The van der Waals surface area contributed by atoms with Crippen LogP contribution in [-0.2, 0) is 4.79 Å². The molecule has 8 heteroatoms. The van der Waals surface area contributed by atoms with Crippen molar-refractivity contribution in [1.29, 1.82) is 5.26 Å². The third-order valence-corrected chi connectivity index (χ3v) is 3.75. The van der Waals surface area contributed by atoms with Crippen LogP contribution in [0, 0.1) is 11.3 Å². The summed E-state index contributed by atoms with van der Waals surface area (Å²) in [5.41, 5.74) is 2.18. The van der Waals surface area contributed by atoms with E-state index in [2.05, 4.69) is 26.8 Å². The quantitative estimate of drug-likeness (QED) is 0.622. The van der Waals surface area contributed by atoms with Crippen LogP contribution in [-0.4, -0.2) is 31.9 Å². The van der Waals surface area contributed by atoms with Crippen molar-refractivity contribution in [2.24, 2.45) is 0 Å². The van der Waals surface area contributed by atoms with Gasteiger partial charge in [-0.15, -0.1) is 0 Å². The first-order valence-electron chi connectivity index (χ1n) is 7.49. The van der Waals surface area contributed by atoms with E-state index < -0.39 is 11.9 Å². The Kier molecular flexibility index (Phi) is 4.21. The Bertz CT molecular complexity index is 1110. The number of nitrogens with one attached hydrogen (secondary N) is 2. The highest BCUT2D eigenvalue weighted by atomic mass is 16.4. The van der Waals surface area contributed by atoms with E-state index in [4.69, 9.17) is 0 Å². The molecule has 1 aromatic carbocycles. The number of carboxylic acids is 1. The van der Waals surface area contributed by atoms with Gasteiger partial charge in [0.05, 0.1) is 27.9 Å². The highest BCUT2D eigenvalue weighted by Crippen LogP contribution is 2.31. The van der Waals surface area contributed by atoms with Crippen molar-refractivity contribution in [3.05, 3.63) is 54.0 Å². The molecule has 0 spiro atoms. The lowest BCUT2D eigenvalue weighted by Gasteiger charge is -2.10. The highest BCUT2D eigenvalue weighted by molar-refractivity contribution is 6.08. The van der Waals surface area contributed by atoms with Gasteiger partial charge in [0.1, 0.15) is 18.0 Å². The van der Waals surface area contributed by atoms with E-state index in [0.717, 1.165) is 0 Å². The lowest BCUT2D eigenvalue weighted by Crippen LogP contribution is -2.13.